The van der Waals surface area contributed by atoms with Gasteiger partial charge in [-0.15, -0.1) is 0 Å². The summed E-state index contributed by atoms with van der Waals surface area (Å²) in [7, 11) is 0. The van der Waals surface area contributed by atoms with Crippen molar-refractivity contribution in [1.29, 1.82) is 0 Å². The smallest absolute Gasteiger partial charge is 0.261 e. The molecule has 6 nitrogen and oxygen atoms in total. The Hall–Kier alpha value is -2.34. The molecule has 0 spiro atoms. The molecule has 1 fully saturated rings. The quantitative estimate of drug-likeness (QED) is 0.879. The second-order valence-electron chi connectivity index (χ2n) is 5.81. The van der Waals surface area contributed by atoms with E-state index in [-0.39, 0.29) is 12.0 Å². The average Bonchev–Trinajstić information content (AvgIpc) is 3.23. The number of aromatic nitrogens is 1. The van der Waals surface area contributed by atoms with Gasteiger partial charge in [0.1, 0.15) is 23.7 Å². The van der Waals surface area contributed by atoms with Crippen molar-refractivity contribution in [1.82, 2.24) is 5.16 Å². The minimum absolute atomic E-state index is 0.126. The number of para-hydroxylation sites is 2. The Kier molecular flexibility index (Phi) is 5.15. The fraction of sp³-hybridized carbons (Fsp3) is 0.444. The molecule has 1 aliphatic heterocycles. The third-order valence-corrected chi connectivity index (χ3v) is 4.08. The molecule has 128 valence electrons. The molecular weight excluding hydrogens is 308 g/mol. The summed E-state index contributed by atoms with van der Waals surface area (Å²) < 4.78 is 16.5. The van der Waals surface area contributed by atoms with Gasteiger partial charge in [-0.1, -0.05) is 24.2 Å². The van der Waals surface area contributed by atoms with Gasteiger partial charge in [0.15, 0.2) is 0 Å². The minimum Gasteiger partial charge on any atom is -0.489 e. The van der Waals surface area contributed by atoms with Crippen molar-refractivity contribution in [2.45, 2.75) is 39.2 Å². The zero-order valence-electron chi connectivity index (χ0n) is 14.0. The molecule has 1 N–H and O–H groups in total. The van der Waals surface area contributed by atoms with Crippen LogP contribution in [0.25, 0.3) is 0 Å². The maximum atomic E-state index is 12.6. The van der Waals surface area contributed by atoms with Crippen LogP contribution >= 0.6 is 0 Å². The summed E-state index contributed by atoms with van der Waals surface area (Å²) in [5.74, 6) is 0.911. The molecule has 1 atom stereocenters. The molecule has 2 heterocycles. The van der Waals surface area contributed by atoms with E-state index < -0.39 is 0 Å². The van der Waals surface area contributed by atoms with Crippen molar-refractivity contribution in [3.63, 3.8) is 0 Å². The lowest BCUT2D eigenvalue weighted by molar-refractivity contribution is 0.0682. The molecule has 24 heavy (non-hydrogen) atoms. The summed E-state index contributed by atoms with van der Waals surface area (Å²) in [6.07, 6.45) is 2.84. The molecule has 3 rings (SSSR count). The zero-order chi connectivity index (χ0) is 16.9. The molecule has 0 aliphatic carbocycles. The second-order valence-corrected chi connectivity index (χ2v) is 5.81. The largest absolute Gasteiger partial charge is 0.489 e. The minimum atomic E-state index is -0.237. The predicted molar refractivity (Wildman–Crippen MR) is 89.5 cm³/mol. The lowest BCUT2D eigenvalue weighted by Crippen LogP contribution is -2.18. The maximum Gasteiger partial charge on any atom is 0.261 e. The highest BCUT2D eigenvalue weighted by atomic mass is 16.5. The van der Waals surface area contributed by atoms with Gasteiger partial charge in [0.2, 0.25) is 0 Å². The third kappa shape index (κ3) is 3.59. The Bertz CT molecular complexity index is 705. The maximum absolute atomic E-state index is 12.6. The van der Waals surface area contributed by atoms with E-state index in [4.69, 9.17) is 14.0 Å². The van der Waals surface area contributed by atoms with Crippen LogP contribution < -0.4 is 10.1 Å². The van der Waals surface area contributed by atoms with Crippen molar-refractivity contribution in [3.05, 3.63) is 41.3 Å². The van der Waals surface area contributed by atoms with E-state index in [2.05, 4.69) is 10.5 Å². The number of benzene rings is 1. The molecular formula is C18H22N2O4. The Morgan fingerprint density at radius 3 is 3.00 bits per heavy atom. The van der Waals surface area contributed by atoms with Crippen molar-refractivity contribution in [2.75, 3.05) is 18.5 Å². The highest BCUT2D eigenvalue weighted by Crippen LogP contribution is 2.26. The van der Waals surface area contributed by atoms with Crippen LogP contribution in [0.15, 0.2) is 28.8 Å². The number of hydrogen-bond acceptors (Lipinski definition) is 5. The first-order valence-electron chi connectivity index (χ1n) is 8.29. The molecule has 0 saturated carbocycles. The van der Waals surface area contributed by atoms with Crippen LogP contribution in [0.5, 0.6) is 5.75 Å². The van der Waals surface area contributed by atoms with Gasteiger partial charge in [-0.05, 0) is 38.3 Å². The van der Waals surface area contributed by atoms with Crippen LogP contribution in [-0.4, -0.2) is 30.4 Å². The predicted octanol–water partition coefficient (Wildman–Crippen LogP) is 3.36. The second kappa shape index (κ2) is 7.49. The standard InChI is InChI=1S/C18H22N2O4/c1-3-14-17(12(2)24-20-14)18(21)19-15-8-4-5-9-16(15)23-11-13-7-6-10-22-13/h4-5,8-9,13H,3,6-7,10-11H2,1-2H3,(H,19,21). The number of ether oxygens (including phenoxy) is 2. The monoisotopic (exact) mass is 330 g/mol. The summed E-state index contributed by atoms with van der Waals surface area (Å²) in [5.41, 5.74) is 1.78. The summed E-state index contributed by atoms with van der Waals surface area (Å²) in [6, 6.07) is 7.39. The van der Waals surface area contributed by atoms with E-state index in [1.165, 1.54) is 0 Å². The Morgan fingerprint density at radius 1 is 1.42 bits per heavy atom. The van der Waals surface area contributed by atoms with Gasteiger partial charge in [-0.2, -0.15) is 0 Å². The van der Waals surface area contributed by atoms with Crippen molar-refractivity contribution >= 4 is 11.6 Å². The highest BCUT2D eigenvalue weighted by molar-refractivity contribution is 6.06. The van der Waals surface area contributed by atoms with Gasteiger partial charge in [0, 0.05) is 6.61 Å². The van der Waals surface area contributed by atoms with Crippen LogP contribution in [0.4, 0.5) is 5.69 Å². The van der Waals surface area contributed by atoms with Gasteiger partial charge in [-0.25, -0.2) is 0 Å². The van der Waals surface area contributed by atoms with Gasteiger partial charge >= 0.3 is 0 Å². The third-order valence-electron chi connectivity index (χ3n) is 4.08. The van der Waals surface area contributed by atoms with Crippen molar-refractivity contribution in [3.8, 4) is 5.75 Å². The Balaban J connectivity index is 1.72. The lowest BCUT2D eigenvalue weighted by atomic mass is 10.1. The topological polar surface area (TPSA) is 73.6 Å². The van der Waals surface area contributed by atoms with Crippen LogP contribution in [0.3, 0.4) is 0 Å². The van der Waals surface area contributed by atoms with Crippen LogP contribution in [0.2, 0.25) is 0 Å². The number of rotatable bonds is 6. The SMILES string of the molecule is CCc1noc(C)c1C(=O)Nc1ccccc1OCC1CCCO1. The van der Waals surface area contributed by atoms with E-state index in [9.17, 15) is 4.79 Å². The Labute approximate surface area is 141 Å². The average molecular weight is 330 g/mol. The van der Waals surface area contributed by atoms with E-state index in [0.29, 0.717) is 41.5 Å². The van der Waals surface area contributed by atoms with Gasteiger partial charge in [0.05, 0.1) is 17.5 Å². The number of carbonyl (C=O) groups is 1. The van der Waals surface area contributed by atoms with Gasteiger partial charge in [-0.3, -0.25) is 4.79 Å². The van der Waals surface area contributed by atoms with Crippen LogP contribution in [0, 0.1) is 6.92 Å². The summed E-state index contributed by atoms with van der Waals surface area (Å²) in [5, 5.41) is 6.82. The molecule has 0 bridgehead atoms. The molecule has 1 aliphatic rings. The number of nitrogens with zero attached hydrogens (tertiary/aromatic N) is 1. The lowest BCUT2D eigenvalue weighted by Gasteiger charge is -2.15. The number of hydrogen-bond donors (Lipinski definition) is 1. The zero-order valence-corrected chi connectivity index (χ0v) is 14.0. The van der Waals surface area contributed by atoms with Gasteiger partial charge < -0.3 is 19.3 Å². The molecule has 1 unspecified atom stereocenters. The number of nitrogens with one attached hydrogen (secondary N) is 1. The molecule has 1 aromatic carbocycles. The fourth-order valence-electron chi connectivity index (χ4n) is 2.79. The summed E-state index contributed by atoms with van der Waals surface area (Å²) in [4.78, 5) is 12.6. The highest BCUT2D eigenvalue weighted by Gasteiger charge is 2.21. The molecule has 2 aromatic rings. The molecule has 1 saturated heterocycles. The van der Waals surface area contributed by atoms with E-state index in [0.717, 1.165) is 19.4 Å². The number of carbonyl (C=O) groups excluding carboxylic acids is 1. The van der Waals surface area contributed by atoms with Crippen molar-refractivity contribution in [2.24, 2.45) is 0 Å². The fourth-order valence-corrected chi connectivity index (χ4v) is 2.79. The van der Waals surface area contributed by atoms with Crippen LogP contribution in [0.1, 0.15) is 41.6 Å². The summed E-state index contributed by atoms with van der Waals surface area (Å²) in [6.45, 7) is 4.95. The first-order valence-corrected chi connectivity index (χ1v) is 8.29. The number of anilines is 1. The molecule has 1 amide bonds. The Morgan fingerprint density at radius 2 is 2.25 bits per heavy atom. The number of aryl methyl sites for hydroxylation is 2. The van der Waals surface area contributed by atoms with E-state index >= 15 is 0 Å². The van der Waals surface area contributed by atoms with Crippen LogP contribution in [-0.2, 0) is 11.2 Å². The number of amides is 1. The molecule has 6 heteroatoms. The first kappa shape index (κ1) is 16.5. The first-order chi connectivity index (χ1) is 11.7. The normalized spacial score (nSPS) is 17.0. The van der Waals surface area contributed by atoms with Gasteiger partial charge in [0.25, 0.3) is 5.91 Å². The van der Waals surface area contributed by atoms with E-state index in [1.807, 2.05) is 31.2 Å². The molecule has 0 radical (unpaired) electrons. The molecule has 1 aromatic heterocycles. The van der Waals surface area contributed by atoms with E-state index in [1.54, 1.807) is 6.92 Å². The summed E-state index contributed by atoms with van der Waals surface area (Å²) >= 11 is 0. The van der Waals surface area contributed by atoms with Crippen molar-refractivity contribution < 1.29 is 18.8 Å².